The molecule has 1 saturated carbocycles. The molecule has 0 saturated heterocycles. The first-order chi connectivity index (χ1) is 7.78. The van der Waals surface area contributed by atoms with Gasteiger partial charge < -0.3 is 4.74 Å². The van der Waals surface area contributed by atoms with Crippen molar-refractivity contribution >= 4 is 0 Å². The molecule has 1 aromatic rings. The smallest absolute Gasteiger partial charge is 0.119 e. The molecule has 0 unspecified atom stereocenters. The van der Waals surface area contributed by atoms with Crippen LogP contribution in [0, 0.1) is 5.92 Å². The Morgan fingerprint density at radius 2 is 2.31 bits per heavy atom. The molecule has 16 heavy (non-hydrogen) atoms. The Morgan fingerprint density at radius 1 is 1.50 bits per heavy atom. The Kier molecular flexibility index (Phi) is 3.60. The van der Waals surface area contributed by atoms with E-state index in [0.29, 0.717) is 12.8 Å². The minimum atomic E-state index is 0.650. The van der Waals surface area contributed by atoms with Crippen molar-refractivity contribution in [1.29, 1.82) is 0 Å². The first-order valence-electron chi connectivity index (χ1n) is 5.75. The van der Waals surface area contributed by atoms with Crippen molar-refractivity contribution in [2.75, 3.05) is 6.61 Å². The maximum absolute atomic E-state index is 12.2. The molecule has 0 atom stereocenters. The second-order valence-corrected chi connectivity index (χ2v) is 4.53. The van der Waals surface area contributed by atoms with Crippen molar-refractivity contribution in [2.24, 2.45) is 5.92 Å². The molecular weight excluding hydrogens is 203 g/mol. The number of ether oxygens (including phenoxy) is 1. The van der Waals surface area contributed by atoms with Crippen LogP contribution in [0.5, 0.6) is 5.75 Å². The SMILES string of the molecule is C/C(=C/F)Cc1cccc(OCC2CC2)c1. The van der Waals surface area contributed by atoms with Gasteiger partial charge in [0.05, 0.1) is 12.9 Å². The van der Waals surface area contributed by atoms with E-state index < -0.39 is 0 Å². The fourth-order valence-corrected chi connectivity index (χ4v) is 1.60. The largest absolute Gasteiger partial charge is 0.493 e. The van der Waals surface area contributed by atoms with Crippen LogP contribution in [0.25, 0.3) is 0 Å². The molecule has 0 radical (unpaired) electrons. The third-order valence-corrected chi connectivity index (χ3v) is 2.75. The highest BCUT2D eigenvalue weighted by Crippen LogP contribution is 2.29. The van der Waals surface area contributed by atoms with Crippen LogP contribution in [0.3, 0.4) is 0 Å². The maximum Gasteiger partial charge on any atom is 0.119 e. The Hall–Kier alpha value is -1.31. The van der Waals surface area contributed by atoms with Gasteiger partial charge in [0.2, 0.25) is 0 Å². The summed E-state index contributed by atoms with van der Waals surface area (Å²) in [5, 5.41) is 0. The average molecular weight is 220 g/mol. The van der Waals surface area contributed by atoms with Crippen molar-refractivity contribution in [1.82, 2.24) is 0 Å². The summed E-state index contributed by atoms with van der Waals surface area (Å²) in [5.74, 6) is 1.66. The Balaban J connectivity index is 1.94. The molecule has 1 aromatic carbocycles. The number of rotatable bonds is 5. The van der Waals surface area contributed by atoms with Crippen LogP contribution >= 0.6 is 0 Å². The van der Waals surface area contributed by atoms with Crippen molar-refractivity contribution in [2.45, 2.75) is 26.2 Å². The van der Waals surface area contributed by atoms with E-state index in [0.717, 1.165) is 29.4 Å². The van der Waals surface area contributed by atoms with E-state index in [4.69, 9.17) is 4.74 Å². The Morgan fingerprint density at radius 3 is 3.00 bits per heavy atom. The first-order valence-corrected chi connectivity index (χ1v) is 5.75. The van der Waals surface area contributed by atoms with Crippen LogP contribution < -0.4 is 4.74 Å². The van der Waals surface area contributed by atoms with E-state index in [2.05, 4.69) is 0 Å². The molecule has 2 rings (SSSR count). The highest BCUT2D eigenvalue weighted by atomic mass is 19.1. The van der Waals surface area contributed by atoms with Gasteiger partial charge in [-0.3, -0.25) is 0 Å². The topological polar surface area (TPSA) is 9.23 Å². The summed E-state index contributed by atoms with van der Waals surface area (Å²) in [7, 11) is 0. The quantitative estimate of drug-likeness (QED) is 0.731. The lowest BCUT2D eigenvalue weighted by Crippen LogP contribution is -1.99. The molecule has 0 N–H and O–H groups in total. The summed E-state index contributed by atoms with van der Waals surface area (Å²) in [5.41, 5.74) is 1.83. The minimum absolute atomic E-state index is 0.650. The molecule has 0 amide bonds. The van der Waals surface area contributed by atoms with E-state index in [1.54, 1.807) is 6.92 Å². The van der Waals surface area contributed by atoms with Crippen LogP contribution in [-0.2, 0) is 6.42 Å². The van der Waals surface area contributed by atoms with Crippen LogP contribution in [0.4, 0.5) is 4.39 Å². The van der Waals surface area contributed by atoms with Crippen molar-refractivity contribution < 1.29 is 9.13 Å². The fraction of sp³-hybridized carbons (Fsp3) is 0.429. The second-order valence-electron chi connectivity index (χ2n) is 4.53. The minimum Gasteiger partial charge on any atom is -0.493 e. The lowest BCUT2D eigenvalue weighted by Gasteiger charge is -2.07. The van der Waals surface area contributed by atoms with Crippen LogP contribution in [0.1, 0.15) is 25.3 Å². The van der Waals surface area contributed by atoms with Gasteiger partial charge in [0.15, 0.2) is 0 Å². The molecule has 0 spiro atoms. The Bertz CT molecular complexity index is 380. The van der Waals surface area contributed by atoms with Crippen molar-refractivity contribution in [3.05, 3.63) is 41.7 Å². The molecule has 0 aromatic heterocycles. The molecule has 1 fully saturated rings. The normalized spacial score (nSPS) is 16.2. The maximum atomic E-state index is 12.2. The van der Waals surface area contributed by atoms with Gasteiger partial charge in [-0.15, -0.1) is 0 Å². The van der Waals surface area contributed by atoms with Crippen LogP contribution in [0.15, 0.2) is 36.2 Å². The average Bonchev–Trinajstić information content (AvgIpc) is 3.10. The zero-order chi connectivity index (χ0) is 11.4. The van der Waals surface area contributed by atoms with Crippen molar-refractivity contribution in [3.63, 3.8) is 0 Å². The standard InChI is InChI=1S/C14H17FO/c1-11(9-15)7-13-3-2-4-14(8-13)16-10-12-5-6-12/h2-4,8-9,12H,5-7,10H2,1H3/b11-9-. The van der Waals surface area contributed by atoms with Crippen LogP contribution in [0.2, 0.25) is 0 Å². The van der Waals surface area contributed by atoms with Crippen LogP contribution in [-0.4, -0.2) is 6.61 Å². The molecule has 0 bridgehead atoms. The van der Waals surface area contributed by atoms with Gasteiger partial charge >= 0.3 is 0 Å². The first kappa shape index (κ1) is 11.2. The summed E-state index contributed by atoms with van der Waals surface area (Å²) in [4.78, 5) is 0. The number of hydrogen-bond acceptors (Lipinski definition) is 1. The molecule has 86 valence electrons. The monoisotopic (exact) mass is 220 g/mol. The lowest BCUT2D eigenvalue weighted by atomic mass is 10.1. The molecule has 0 aliphatic heterocycles. The number of hydrogen-bond donors (Lipinski definition) is 0. The summed E-state index contributed by atoms with van der Waals surface area (Å²) in [6, 6.07) is 7.91. The third-order valence-electron chi connectivity index (χ3n) is 2.75. The molecular formula is C14H17FO. The zero-order valence-corrected chi connectivity index (χ0v) is 9.58. The van der Waals surface area contributed by atoms with Gasteiger partial charge in [0.25, 0.3) is 0 Å². The van der Waals surface area contributed by atoms with Gasteiger partial charge in [0.1, 0.15) is 5.75 Å². The van der Waals surface area contributed by atoms with Gasteiger partial charge in [-0.1, -0.05) is 12.1 Å². The van der Waals surface area contributed by atoms with E-state index in [9.17, 15) is 4.39 Å². The van der Waals surface area contributed by atoms with E-state index in [1.807, 2.05) is 24.3 Å². The number of halogens is 1. The summed E-state index contributed by atoms with van der Waals surface area (Å²) >= 11 is 0. The molecule has 1 aliphatic carbocycles. The molecule has 1 aliphatic rings. The van der Waals surface area contributed by atoms with E-state index in [-0.39, 0.29) is 0 Å². The van der Waals surface area contributed by atoms with Gasteiger partial charge in [0, 0.05) is 0 Å². The van der Waals surface area contributed by atoms with E-state index >= 15 is 0 Å². The van der Waals surface area contributed by atoms with Gasteiger partial charge in [-0.25, -0.2) is 4.39 Å². The van der Waals surface area contributed by atoms with Gasteiger partial charge in [-0.2, -0.15) is 0 Å². The zero-order valence-electron chi connectivity index (χ0n) is 9.58. The number of allylic oxidation sites excluding steroid dienone is 1. The summed E-state index contributed by atoms with van der Waals surface area (Å²) < 4.78 is 17.9. The van der Waals surface area contributed by atoms with E-state index in [1.165, 1.54) is 12.8 Å². The van der Waals surface area contributed by atoms with Gasteiger partial charge in [-0.05, 0) is 55.4 Å². The highest BCUT2D eigenvalue weighted by molar-refractivity contribution is 5.30. The summed E-state index contributed by atoms with van der Waals surface area (Å²) in [6.45, 7) is 2.61. The lowest BCUT2D eigenvalue weighted by molar-refractivity contribution is 0.299. The predicted octanol–water partition coefficient (Wildman–Crippen LogP) is 3.89. The molecule has 1 nitrogen and oxygen atoms in total. The summed E-state index contributed by atoms with van der Waals surface area (Å²) in [6.07, 6.45) is 3.90. The number of benzene rings is 1. The van der Waals surface area contributed by atoms with Crippen molar-refractivity contribution in [3.8, 4) is 5.75 Å². The fourth-order valence-electron chi connectivity index (χ4n) is 1.60. The molecule has 2 heteroatoms. The Labute approximate surface area is 95.9 Å². The predicted molar refractivity (Wildman–Crippen MR) is 63.2 cm³/mol. The molecule has 0 heterocycles. The third kappa shape index (κ3) is 3.37. The highest BCUT2D eigenvalue weighted by Gasteiger charge is 2.21. The second kappa shape index (κ2) is 5.15.